The van der Waals surface area contributed by atoms with Gasteiger partial charge in [-0.2, -0.15) is 0 Å². The molecule has 1 aromatic heterocycles. The number of ether oxygens (including phenoxy) is 1. The third-order valence-electron chi connectivity index (χ3n) is 4.40. The monoisotopic (exact) mass is 373 g/mol. The molecule has 0 saturated heterocycles. The smallest absolute Gasteiger partial charge is 0.251 e. The van der Waals surface area contributed by atoms with Crippen LogP contribution in [0.5, 0.6) is 5.75 Å². The van der Waals surface area contributed by atoms with Crippen molar-refractivity contribution in [2.75, 3.05) is 17.7 Å². The van der Waals surface area contributed by atoms with Crippen LogP contribution in [-0.4, -0.2) is 18.4 Å². The summed E-state index contributed by atoms with van der Waals surface area (Å²) in [6, 6.07) is 7.26. The van der Waals surface area contributed by atoms with Crippen LogP contribution >= 0.6 is 11.3 Å². The number of nitrogen functional groups attached to an aromatic ring is 1. The lowest BCUT2D eigenvalue weighted by atomic mass is 9.95. The van der Waals surface area contributed by atoms with Gasteiger partial charge in [-0.05, 0) is 49.8 Å². The largest absolute Gasteiger partial charge is 0.491 e. The van der Waals surface area contributed by atoms with Crippen LogP contribution in [0.1, 0.15) is 46.5 Å². The Morgan fingerprint density at radius 3 is 2.73 bits per heavy atom. The van der Waals surface area contributed by atoms with Crippen molar-refractivity contribution in [2.45, 2.75) is 38.5 Å². The summed E-state index contributed by atoms with van der Waals surface area (Å²) in [6.45, 7) is 0.394. The quantitative estimate of drug-likeness (QED) is 0.512. The van der Waals surface area contributed by atoms with Crippen LogP contribution in [0.4, 0.5) is 10.7 Å². The number of anilines is 2. The second-order valence-electron chi connectivity index (χ2n) is 6.32. The number of nitrogens with one attached hydrogen (secondary N) is 1. The summed E-state index contributed by atoms with van der Waals surface area (Å²) in [5, 5.41) is 3.44. The molecule has 1 aliphatic rings. The maximum Gasteiger partial charge on any atom is 0.251 e. The first kappa shape index (κ1) is 18.3. The van der Waals surface area contributed by atoms with Crippen molar-refractivity contribution in [1.82, 2.24) is 0 Å². The first-order valence-corrected chi connectivity index (χ1v) is 9.59. The number of benzene rings is 1. The Labute approximate surface area is 156 Å². The molecule has 7 heteroatoms. The van der Waals surface area contributed by atoms with E-state index < -0.39 is 5.91 Å². The highest BCUT2D eigenvalue weighted by Crippen LogP contribution is 2.37. The van der Waals surface area contributed by atoms with E-state index in [9.17, 15) is 9.59 Å². The lowest BCUT2D eigenvalue weighted by molar-refractivity contribution is -0.116. The van der Waals surface area contributed by atoms with Crippen molar-refractivity contribution in [3.05, 3.63) is 40.3 Å². The summed E-state index contributed by atoms with van der Waals surface area (Å²) in [7, 11) is 0. The Bertz CT molecular complexity index is 816. The molecular formula is C19H23N3O3S. The molecule has 1 aromatic carbocycles. The van der Waals surface area contributed by atoms with Gasteiger partial charge in [-0.25, -0.2) is 0 Å². The third kappa shape index (κ3) is 4.16. The molecule has 0 unspecified atom stereocenters. The molecule has 0 aliphatic heterocycles. The van der Waals surface area contributed by atoms with E-state index in [2.05, 4.69) is 5.32 Å². The highest BCUT2D eigenvalue weighted by molar-refractivity contribution is 7.17. The number of thiophene rings is 1. The fraction of sp³-hybridized carbons (Fsp3) is 0.368. The zero-order valence-corrected chi connectivity index (χ0v) is 15.4. The van der Waals surface area contributed by atoms with E-state index in [1.807, 2.05) is 12.1 Å². The Balaban J connectivity index is 1.54. The van der Waals surface area contributed by atoms with Crippen LogP contribution in [0.15, 0.2) is 24.3 Å². The summed E-state index contributed by atoms with van der Waals surface area (Å²) < 4.78 is 5.59. The molecule has 3 rings (SSSR count). The number of rotatable bonds is 7. The second kappa shape index (κ2) is 8.23. The molecule has 0 saturated carbocycles. The number of primary amides is 1. The molecule has 2 aromatic rings. The SMILES string of the molecule is NC(=O)c1c(NC(=O)CCCOc2ccccc2N)sc2c1CCCC2. The van der Waals surface area contributed by atoms with Crippen molar-refractivity contribution in [3.63, 3.8) is 0 Å². The van der Waals surface area contributed by atoms with Gasteiger partial charge in [0.1, 0.15) is 10.8 Å². The molecular weight excluding hydrogens is 350 g/mol. The van der Waals surface area contributed by atoms with Crippen molar-refractivity contribution in [2.24, 2.45) is 5.73 Å². The third-order valence-corrected chi connectivity index (χ3v) is 5.60. The van der Waals surface area contributed by atoms with Gasteiger partial charge < -0.3 is 21.5 Å². The molecule has 1 heterocycles. The Kier molecular flexibility index (Phi) is 5.78. The van der Waals surface area contributed by atoms with E-state index >= 15 is 0 Å². The van der Waals surface area contributed by atoms with Crippen LogP contribution in [0.3, 0.4) is 0 Å². The predicted molar refractivity (Wildman–Crippen MR) is 104 cm³/mol. The number of aryl methyl sites for hydroxylation is 1. The minimum Gasteiger partial charge on any atom is -0.491 e. The Hall–Kier alpha value is -2.54. The number of para-hydroxylation sites is 2. The molecule has 0 atom stereocenters. The number of hydrogen-bond acceptors (Lipinski definition) is 5. The lowest BCUT2D eigenvalue weighted by Crippen LogP contribution is -2.18. The number of carbonyl (C=O) groups excluding carboxylic acids is 2. The summed E-state index contributed by atoms with van der Waals surface area (Å²) in [5.74, 6) is 0.00757. The Morgan fingerprint density at radius 1 is 1.19 bits per heavy atom. The number of carbonyl (C=O) groups is 2. The second-order valence-corrected chi connectivity index (χ2v) is 7.42. The van der Waals surface area contributed by atoms with Gasteiger partial charge in [0.15, 0.2) is 0 Å². The molecule has 6 nitrogen and oxygen atoms in total. The van der Waals surface area contributed by atoms with Gasteiger partial charge in [0.2, 0.25) is 5.91 Å². The normalized spacial score (nSPS) is 13.1. The molecule has 5 N–H and O–H groups in total. The Morgan fingerprint density at radius 2 is 1.96 bits per heavy atom. The van der Waals surface area contributed by atoms with Gasteiger partial charge in [0, 0.05) is 11.3 Å². The summed E-state index contributed by atoms with van der Waals surface area (Å²) in [5.41, 5.74) is 13.4. The van der Waals surface area contributed by atoms with E-state index in [-0.39, 0.29) is 5.91 Å². The van der Waals surface area contributed by atoms with Gasteiger partial charge in [-0.1, -0.05) is 12.1 Å². The van der Waals surface area contributed by atoms with Crippen LogP contribution in [0.2, 0.25) is 0 Å². The van der Waals surface area contributed by atoms with Gasteiger partial charge >= 0.3 is 0 Å². The maximum absolute atomic E-state index is 12.2. The zero-order valence-electron chi connectivity index (χ0n) is 14.5. The van der Waals surface area contributed by atoms with Gasteiger partial charge in [-0.15, -0.1) is 11.3 Å². The van der Waals surface area contributed by atoms with E-state index in [1.165, 1.54) is 16.2 Å². The average Bonchev–Trinajstić information content (AvgIpc) is 2.98. The van der Waals surface area contributed by atoms with Gasteiger partial charge in [0.25, 0.3) is 5.91 Å². The van der Waals surface area contributed by atoms with E-state index in [0.29, 0.717) is 41.4 Å². The van der Waals surface area contributed by atoms with Crippen molar-refractivity contribution in [1.29, 1.82) is 0 Å². The molecule has 1 aliphatic carbocycles. The first-order chi connectivity index (χ1) is 12.6. The van der Waals surface area contributed by atoms with Crippen LogP contribution < -0.4 is 21.5 Å². The van der Waals surface area contributed by atoms with Crippen molar-refractivity contribution in [3.8, 4) is 5.75 Å². The first-order valence-electron chi connectivity index (χ1n) is 8.77. The average molecular weight is 373 g/mol. The molecule has 26 heavy (non-hydrogen) atoms. The summed E-state index contributed by atoms with van der Waals surface area (Å²) in [6.07, 6.45) is 4.82. The summed E-state index contributed by atoms with van der Waals surface area (Å²) in [4.78, 5) is 25.2. The molecule has 2 amide bonds. The van der Waals surface area contributed by atoms with E-state index in [0.717, 1.165) is 31.2 Å². The van der Waals surface area contributed by atoms with E-state index in [4.69, 9.17) is 16.2 Å². The number of hydrogen-bond donors (Lipinski definition) is 3. The number of nitrogens with two attached hydrogens (primary N) is 2. The zero-order chi connectivity index (χ0) is 18.5. The number of amides is 2. The van der Waals surface area contributed by atoms with Crippen LogP contribution in [0.25, 0.3) is 0 Å². The molecule has 0 bridgehead atoms. The van der Waals surface area contributed by atoms with Crippen molar-refractivity contribution >= 4 is 33.8 Å². The minimum atomic E-state index is -0.470. The molecule has 0 spiro atoms. The molecule has 0 radical (unpaired) electrons. The van der Waals surface area contributed by atoms with Gasteiger partial charge in [-0.3, -0.25) is 9.59 Å². The molecule has 0 fully saturated rings. The standard InChI is InChI=1S/C19H23N3O3S/c20-13-7-2-3-8-14(13)25-11-5-10-16(23)22-19-17(18(21)24)12-6-1-4-9-15(12)26-19/h2-3,7-8H,1,4-6,9-11,20H2,(H2,21,24)(H,22,23). The predicted octanol–water partition coefficient (Wildman–Crippen LogP) is 3.11. The van der Waals surface area contributed by atoms with Gasteiger partial charge in [0.05, 0.1) is 17.9 Å². The van der Waals surface area contributed by atoms with Crippen LogP contribution in [0, 0.1) is 0 Å². The van der Waals surface area contributed by atoms with E-state index in [1.54, 1.807) is 12.1 Å². The van der Waals surface area contributed by atoms with Crippen molar-refractivity contribution < 1.29 is 14.3 Å². The highest BCUT2D eigenvalue weighted by atomic mass is 32.1. The summed E-state index contributed by atoms with van der Waals surface area (Å²) >= 11 is 1.48. The fourth-order valence-electron chi connectivity index (χ4n) is 3.13. The highest BCUT2D eigenvalue weighted by Gasteiger charge is 2.24. The molecule has 138 valence electrons. The fourth-order valence-corrected chi connectivity index (χ4v) is 4.44. The minimum absolute atomic E-state index is 0.143. The lowest BCUT2D eigenvalue weighted by Gasteiger charge is -2.11. The van der Waals surface area contributed by atoms with Crippen LogP contribution in [-0.2, 0) is 17.6 Å². The topological polar surface area (TPSA) is 107 Å². The maximum atomic E-state index is 12.2. The number of fused-ring (bicyclic) bond motifs is 1.